The fourth-order valence-corrected chi connectivity index (χ4v) is 2.52. The van der Waals surface area contributed by atoms with Crippen molar-refractivity contribution in [1.82, 2.24) is 0 Å². The van der Waals surface area contributed by atoms with Crippen LogP contribution in [0.15, 0.2) is 60.7 Å². The van der Waals surface area contributed by atoms with Gasteiger partial charge in [0.15, 0.2) is 0 Å². The lowest BCUT2D eigenvalue weighted by atomic mass is 10.2. The summed E-state index contributed by atoms with van der Waals surface area (Å²) >= 11 is 1.43. The highest BCUT2D eigenvalue weighted by Crippen LogP contribution is 2.29. The molecule has 0 bridgehead atoms. The minimum atomic E-state index is -4.37. The molecule has 0 aliphatic carbocycles. The largest absolute Gasteiger partial charge is 0.416 e. The van der Waals surface area contributed by atoms with E-state index in [0.717, 1.165) is 17.7 Å². The molecule has 0 unspecified atom stereocenters. The Bertz CT molecular complexity index is 682. The monoisotopic (exact) mass is 351 g/mol. The van der Waals surface area contributed by atoms with E-state index < -0.39 is 11.7 Å². The molecule has 0 saturated heterocycles. The number of carbonyl (C=O) groups is 1. The van der Waals surface area contributed by atoms with E-state index in [1.807, 2.05) is 42.5 Å². The Morgan fingerprint density at radius 3 is 2.33 bits per heavy atom. The van der Waals surface area contributed by atoms with Gasteiger partial charge in [-0.2, -0.15) is 13.2 Å². The Balaban J connectivity index is 1.72. The Hall–Kier alpha value is -2.21. The lowest BCUT2D eigenvalue weighted by Gasteiger charge is -2.08. The van der Waals surface area contributed by atoms with Gasteiger partial charge in [-0.1, -0.05) is 42.5 Å². The van der Waals surface area contributed by atoms with E-state index in [1.165, 1.54) is 23.9 Å². The molecule has 2 rings (SSSR count). The topological polar surface area (TPSA) is 29.1 Å². The van der Waals surface area contributed by atoms with Gasteiger partial charge in [0.05, 0.1) is 11.3 Å². The molecule has 0 aliphatic rings. The molecule has 24 heavy (non-hydrogen) atoms. The van der Waals surface area contributed by atoms with Crippen molar-refractivity contribution < 1.29 is 18.0 Å². The third-order valence-corrected chi connectivity index (χ3v) is 3.95. The van der Waals surface area contributed by atoms with Crippen molar-refractivity contribution >= 4 is 29.4 Å². The number of halogens is 3. The van der Waals surface area contributed by atoms with Crippen LogP contribution in [0.5, 0.6) is 0 Å². The average molecular weight is 351 g/mol. The van der Waals surface area contributed by atoms with Gasteiger partial charge in [-0.05, 0) is 29.8 Å². The molecule has 6 heteroatoms. The Labute approximate surface area is 142 Å². The maximum absolute atomic E-state index is 12.4. The number of hydrogen-bond donors (Lipinski definition) is 1. The van der Waals surface area contributed by atoms with Crippen molar-refractivity contribution in [3.8, 4) is 0 Å². The minimum absolute atomic E-state index is 0.236. The molecule has 0 fully saturated rings. The predicted molar refractivity (Wildman–Crippen MR) is 92.9 cm³/mol. The van der Waals surface area contributed by atoms with Crippen molar-refractivity contribution in [1.29, 1.82) is 0 Å². The van der Waals surface area contributed by atoms with Crippen LogP contribution in [0.1, 0.15) is 11.1 Å². The minimum Gasteiger partial charge on any atom is -0.325 e. The molecule has 0 heterocycles. The number of alkyl halides is 3. The third kappa shape index (κ3) is 6.12. The molecule has 0 spiro atoms. The second kappa shape index (κ2) is 8.59. The second-order valence-corrected chi connectivity index (χ2v) is 5.98. The number of rotatable bonds is 6. The van der Waals surface area contributed by atoms with Crippen LogP contribution in [0.25, 0.3) is 6.08 Å². The number of thioether (sulfide) groups is 1. The number of amides is 1. The van der Waals surface area contributed by atoms with Crippen LogP contribution < -0.4 is 5.32 Å². The van der Waals surface area contributed by atoms with Crippen LogP contribution >= 0.6 is 11.8 Å². The van der Waals surface area contributed by atoms with Gasteiger partial charge in [0.1, 0.15) is 0 Å². The molecule has 2 aromatic rings. The molecule has 0 atom stereocenters. The molecule has 0 aromatic heterocycles. The van der Waals surface area contributed by atoms with Crippen molar-refractivity contribution in [2.24, 2.45) is 0 Å². The summed E-state index contributed by atoms with van der Waals surface area (Å²) < 4.78 is 37.3. The van der Waals surface area contributed by atoms with Gasteiger partial charge in [0.25, 0.3) is 0 Å². The van der Waals surface area contributed by atoms with Crippen LogP contribution in [0.4, 0.5) is 18.9 Å². The molecule has 0 saturated carbocycles. The summed E-state index contributed by atoms with van der Waals surface area (Å²) in [6.07, 6.45) is -0.435. The Morgan fingerprint density at radius 2 is 1.71 bits per heavy atom. The average Bonchev–Trinajstić information content (AvgIpc) is 2.55. The van der Waals surface area contributed by atoms with Gasteiger partial charge in [-0.3, -0.25) is 4.79 Å². The Morgan fingerprint density at radius 1 is 1.04 bits per heavy atom. The first-order valence-corrected chi connectivity index (χ1v) is 8.37. The Kier molecular flexibility index (Phi) is 6.49. The molecular formula is C18H16F3NOS. The van der Waals surface area contributed by atoms with E-state index >= 15 is 0 Å². The SMILES string of the molecule is O=C(CSC/C=C/c1ccccc1)Nc1ccc(C(F)(F)F)cc1. The number of benzene rings is 2. The van der Waals surface area contributed by atoms with Crippen molar-refractivity contribution in [3.05, 3.63) is 71.8 Å². The molecule has 126 valence electrons. The molecular weight excluding hydrogens is 335 g/mol. The van der Waals surface area contributed by atoms with Gasteiger partial charge in [-0.25, -0.2) is 0 Å². The zero-order valence-electron chi connectivity index (χ0n) is 12.7. The van der Waals surface area contributed by atoms with Crippen LogP contribution in [0.3, 0.4) is 0 Å². The van der Waals surface area contributed by atoms with Crippen LogP contribution in [-0.4, -0.2) is 17.4 Å². The normalized spacial score (nSPS) is 11.6. The van der Waals surface area contributed by atoms with Gasteiger partial charge in [0, 0.05) is 11.4 Å². The zero-order valence-corrected chi connectivity index (χ0v) is 13.5. The highest BCUT2D eigenvalue weighted by atomic mass is 32.2. The number of nitrogens with one attached hydrogen (secondary N) is 1. The van der Waals surface area contributed by atoms with Gasteiger partial charge >= 0.3 is 6.18 Å². The van der Waals surface area contributed by atoms with Crippen molar-refractivity contribution in [3.63, 3.8) is 0 Å². The van der Waals surface area contributed by atoms with E-state index in [2.05, 4.69) is 5.32 Å². The van der Waals surface area contributed by atoms with Crippen LogP contribution in [0, 0.1) is 0 Å². The molecule has 0 radical (unpaired) electrons. The van der Waals surface area contributed by atoms with Gasteiger partial charge < -0.3 is 5.32 Å². The summed E-state index contributed by atoms with van der Waals surface area (Å²) in [6, 6.07) is 14.2. The lowest BCUT2D eigenvalue weighted by Crippen LogP contribution is -2.14. The predicted octanol–water partition coefficient (Wildman–Crippen LogP) is 5.09. The number of carbonyl (C=O) groups excluding carboxylic acids is 1. The summed E-state index contributed by atoms with van der Waals surface area (Å²) in [5.74, 6) is 0.669. The summed E-state index contributed by atoms with van der Waals surface area (Å²) in [7, 11) is 0. The molecule has 1 N–H and O–H groups in total. The first-order chi connectivity index (χ1) is 11.4. The molecule has 2 nitrogen and oxygen atoms in total. The van der Waals surface area contributed by atoms with E-state index in [-0.39, 0.29) is 11.7 Å². The van der Waals surface area contributed by atoms with Crippen molar-refractivity contribution in [2.45, 2.75) is 6.18 Å². The van der Waals surface area contributed by atoms with Crippen LogP contribution in [-0.2, 0) is 11.0 Å². The van der Waals surface area contributed by atoms with Crippen molar-refractivity contribution in [2.75, 3.05) is 16.8 Å². The number of hydrogen-bond acceptors (Lipinski definition) is 2. The van der Waals surface area contributed by atoms with Gasteiger partial charge in [0.2, 0.25) is 5.91 Å². The smallest absolute Gasteiger partial charge is 0.325 e. The standard InChI is InChI=1S/C18H16F3NOS/c19-18(20,21)15-8-10-16(11-9-15)22-17(23)13-24-12-4-7-14-5-2-1-3-6-14/h1-11H,12-13H2,(H,22,23)/b7-4+. The maximum Gasteiger partial charge on any atom is 0.416 e. The summed E-state index contributed by atoms with van der Waals surface area (Å²) in [4.78, 5) is 11.7. The highest BCUT2D eigenvalue weighted by Gasteiger charge is 2.29. The van der Waals surface area contributed by atoms with Gasteiger partial charge in [-0.15, -0.1) is 11.8 Å². The summed E-state index contributed by atoms with van der Waals surface area (Å²) in [5.41, 5.74) is 0.710. The van der Waals surface area contributed by atoms with Crippen LogP contribution in [0.2, 0.25) is 0 Å². The fourth-order valence-electron chi connectivity index (χ4n) is 1.91. The van der Waals surface area contributed by atoms with E-state index in [0.29, 0.717) is 11.4 Å². The zero-order chi connectivity index (χ0) is 17.4. The van der Waals surface area contributed by atoms with E-state index in [9.17, 15) is 18.0 Å². The maximum atomic E-state index is 12.4. The summed E-state index contributed by atoms with van der Waals surface area (Å²) in [5, 5.41) is 2.58. The third-order valence-electron chi connectivity index (χ3n) is 3.05. The number of anilines is 1. The first kappa shape index (κ1) is 18.1. The second-order valence-electron chi connectivity index (χ2n) is 4.95. The molecule has 0 aliphatic heterocycles. The lowest BCUT2D eigenvalue weighted by molar-refractivity contribution is -0.137. The van der Waals surface area contributed by atoms with E-state index in [4.69, 9.17) is 0 Å². The highest BCUT2D eigenvalue weighted by molar-refractivity contribution is 8.00. The molecule has 2 aromatic carbocycles. The molecule has 1 amide bonds. The fraction of sp³-hybridized carbons (Fsp3) is 0.167. The first-order valence-electron chi connectivity index (χ1n) is 7.21. The quantitative estimate of drug-likeness (QED) is 0.735. The van der Waals surface area contributed by atoms with E-state index in [1.54, 1.807) is 0 Å². The summed E-state index contributed by atoms with van der Waals surface area (Å²) in [6.45, 7) is 0.